The summed E-state index contributed by atoms with van der Waals surface area (Å²) in [6.07, 6.45) is 5.44. The summed E-state index contributed by atoms with van der Waals surface area (Å²) in [5.41, 5.74) is 3.21. The number of nitrogens with zero attached hydrogens (tertiary/aromatic N) is 1. The maximum absolute atomic E-state index is 14.0. The largest absolute Gasteiger partial charge is 0.493 e. The Morgan fingerprint density at radius 1 is 1.00 bits per heavy atom. The van der Waals surface area contributed by atoms with Crippen LogP contribution in [0, 0.1) is 13.8 Å². The predicted molar refractivity (Wildman–Crippen MR) is 134 cm³/mol. The zero-order valence-electron chi connectivity index (χ0n) is 20.7. The fraction of sp³-hybridized carbons (Fsp3) is 0.357. The second kappa shape index (κ2) is 10.7. The molecular formula is C28H32N2O5. The summed E-state index contributed by atoms with van der Waals surface area (Å²) in [6.45, 7) is 3.99. The first kappa shape index (κ1) is 24.4. The van der Waals surface area contributed by atoms with Crippen LogP contribution < -0.4 is 19.7 Å². The van der Waals surface area contributed by atoms with Crippen LogP contribution in [0.1, 0.15) is 59.0 Å². The van der Waals surface area contributed by atoms with E-state index < -0.39 is 11.9 Å². The van der Waals surface area contributed by atoms with Crippen molar-refractivity contribution in [2.45, 2.75) is 51.6 Å². The smallest absolute Gasteiger partial charge is 0.294 e. The van der Waals surface area contributed by atoms with E-state index in [1.165, 1.54) is 18.3 Å². The molecule has 1 aromatic heterocycles. The quantitative estimate of drug-likeness (QED) is 0.473. The molecule has 184 valence electrons. The number of carbonyl (C=O) groups is 2. The number of aryl methyl sites for hydroxylation is 2. The van der Waals surface area contributed by atoms with Crippen LogP contribution in [0.2, 0.25) is 0 Å². The lowest BCUT2D eigenvalue weighted by Gasteiger charge is -2.33. The van der Waals surface area contributed by atoms with Gasteiger partial charge in [-0.2, -0.15) is 0 Å². The fourth-order valence-electron chi connectivity index (χ4n) is 4.65. The third kappa shape index (κ3) is 5.04. The summed E-state index contributed by atoms with van der Waals surface area (Å²) < 4.78 is 16.7. The number of furan rings is 1. The topological polar surface area (TPSA) is 81.0 Å². The van der Waals surface area contributed by atoms with Crippen molar-refractivity contribution in [1.29, 1.82) is 0 Å². The molecule has 2 amide bonds. The standard InChI is InChI=1S/C28H32N2O5/c1-18-14-15-21(17-19(18)2)30(28(32)24-13-8-16-35-24)25(27(31)29-20-9-5-6-10-20)22-11-7-12-23(33-3)26(22)34-4/h7-8,11-17,20,25H,5-6,9-10H2,1-4H3,(H,29,31). The lowest BCUT2D eigenvalue weighted by molar-refractivity contribution is -0.123. The molecule has 7 heteroatoms. The molecule has 35 heavy (non-hydrogen) atoms. The van der Waals surface area contributed by atoms with Crippen molar-refractivity contribution < 1.29 is 23.5 Å². The average molecular weight is 477 g/mol. The number of hydrogen-bond acceptors (Lipinski definition) is 5. The number of ether oxygens (including phenoxy) is 2. The molecular weight excluding hydrogens is 444 g/mol. The number of benzene rings is 2. The Morgan fingerprint density at radius 2 is 1.77 bits per heavy atom. The minimum atomic E-state index is -1.01. The Labute approximate surface area is 206 Å². The molecule has 2 aromatic carbocycles. The van der Waals surface area contributed by atoms with E-state index in [0.717, 1.165) is 36.8 Å². The first-order valence-corrected chi connectivity index (χ1v) is 11.9. The highest BCUT2D eigenvalue weighted by Crippen LogP contribution is 2.40. The van der Waals surface area contributed by atoms with E-state index in [9.17, 15) is 9.59 Å². The average Bonchev–Trinajstić information content (AvgIpc) is 3.58. The van der Waals surface area contributed by atoms with Gasteiger partial charge in [0.2, 0.25) is 5.91 Å². The van der Waals surface area contributed by atoms with Crippen molar-refractivity contribution in [3.8, 4) is 11.5 Å². The van der Waals surface area contributed by atoms with Gasteiger partial charge in [-0.1, -0.05) is 31.0 Å². The molecule has 1 unspecified atom stereocenters. The van der Waals surface area contributed by atoms with Gasteiger partial charge < -0.3 is 19.2 Å². The summed E-state index contributed by atoms with van der Waals surface area (Å²) in [5.74, 6) is 0.330. The second-order valence-corrected chi connectivity index (χ2v) is 8.90. The third-order valence-corrected chi connectivity index (χ3v) is 6.66. The van der Waals surface area contributed by atoms with E-state index in [2.05, 4.69) is 5.32 Å². The monoisotopic (exact) mass is 476 g/mol. The van der Waals surface area contributed by atoms with Crippen molar-refractivity contribution in [2.24, 2.45) is 0 Å². The van der Waals surface area contributed by atoms with Crippen molar-refractivity contribution in [3.05, 3.63) is 77.2 Å². The highest BCUT2D eigenvalue weighted by molar-refractivity contribution is 6.09. The highest BCUT2D eigenvalue weighted by atomic mass is 16.5. The third-order valence-electron chi connectivity index (χ3n) is 6.66. The van der Waals surface area contributed by atoms with E-state index in [1.54, 1.807) is 37.4 Å². The Bertz CT molecular complexity index is 1180. The molecule has 1 atom stereocenters. The number of hydrogen-bond donors (Lipinski definition) is 1. The van der Waals surface area contributed by atoms with Crippen molar-refractivity contribution in [2.75, 3.05) is 19.1 Å². The lowest BCUT2D eigenvalue weighted by atomic mass is 9.99. The van der Waals surface area contributed by atoms with Crippen LogP contribution in [-0.4, -0.2) is 32.1 Å². The SMILES string of the molecule is COc1cccc(C(C(=O)NC2CCCC2)N(C(=O)c2ccco2)c2ccc(C)c(C)c2)c1OC. The fourth-order valence-corrected chi connectivity index (χ4v) is 4.65. The van der Waals surface area contributed by atoms with E-state index in [4.69, 9.17) is 13.9 Å². The molecule has 3 aromatic rings. The Balaban J connectivity index is 1.91. The summed E-state index contributed by atoms with van der Waals surface area (Å²) >= 11 is 0. The van der Waals surface area contributed by atoms with Crippen LogP contribution in [0.3, 0.4) is 0 Å². The number of methoxy groups -OCH3 is 2. The van der Waals surface area contributed by atoms with E-state index in [0.29, 0.717) is 22.7 Å². The van der Waals surface area contributed by atoms with Crippen molar-refractivity contribution >= 4 is 17.5 Å². The molecule has 7 nitrogen and oxygen atoms in total. The number of para-hydroxylation sites is 1. The highest BCUT2D eigenvalue weighted by Gasteiger charge is 2.38. The van der Waals surface area contributed by atoms with E-state index >= 15 is 0 Å². The molecule has 0 radical (unpaired) electrons. The molecule has 1 saturated carbocycles. The molecule has 1 fully saturated rings. The minimum Gasteiger partial charge on any atom is -0.493 e. The van der Waals surface area contributed by atoms with Gasteiger partial charge in [0.1, 0.15) is 6.04 Å². The number of anilines is 1. The van der Waals surface area contributed by atoms with Gasteiger partial charge in [-0.05, 0) is 68.1 Å². The van der Waals surface area contributed by atoms with Gasteiger partial charge in [-0.15, -0.1) is 0 Å². The maximum atomic E-state index is 14.0. The summed E-state index contributed by atoms with van der Waals surface area (Å²) in [5, 5.41) is 3.18. The van der Waals surface area contributed by atoms with Crippen LogP contribution >= 0.6 is 0 Å². The Kier molecular flexibility index (Phi) is 7.44. The molecule has 0 saturated heterocycles. The first-order chi connectivity index (χ1) is 16.9. The molecule has 4 rings (SSSR count). The van der Waals surface area contributed by atoms with Gasteiger partial charge in [0.25, 0.3) is 5.91 Å². The van der Waals surface area contributed by atoms with E-state index in [1.807, 2.05) is 32.0 Å². The number of carbonyl (C=O) groups excluding carboxylic acids is 2. The number of rotatable bonds is 8. The normalized spacial score (nSPS) is 14.4. The molecule has 1 N–H and O–H groups in total. The van der Waals surface area contributed by atoms with Crippen LogP contribution in [0.5, 0.6) is 11.5 Å². The van der Waals surface area contributed by atoms with Gasteiger partial charge in [-0.25, -0.2) is 0 Å². The second-order valence-electron chi connectivity index (χ2n) is 8.90. The maximum Gasteiger partial charge on any atom is 0.294 e. The first-order valence-electron chi connectivity index (χ1n) is 11.9. The predicted octanol–water partition coefficient (Wildman–Crippen LogP) is 5.36. The van der Waals surface area contributed by atoms with Crippen LogP contribution in [0.4, 0.5) is 5.69 Å². The molecule has 1 aliphatic rings. The van der Waals surface area contributed by atoms with Gasteiger partial charge in [0.15, 0.2) is 17.3 Å². The zero-order valence-corrected chi connectivity index (χ0v) is 20.7. The summed E-state index contributed by atoms with van der Waals surface area (Å²) in [6, 6.07) is 13.4. The van der Waals surface area contributed by atoms with Crippen LogP contribution in [0.15, 0.2) is 59.2 Å². The molecule has 0 spiro atoms. The van der Waals surface area contributed by atoms with Crippen molar-refractivity contribution in [1.82, 2.24) is 5.32 Å². The molecule has 0 aliphatic heterocycles. The van der Waals surface area contributed by atoms with Crippen LogP contribution in [0.25, 0.3) is 0 Å². The van der Waals surface area contributed by atoms with Crippen molar-refractivity contribution in [3.63, 3.8) is 0 Å². The number of nitrogens with one attached hydrogen (secondary N) is 1. The van der Waals surface area contributed by atoms with Crippen LogP contribution in [-0.2, 0) is 4.79 Å². The Morgan fingerprint density at radius 3 is 2.40 bits per heavy atom. The van der Waals surface area contributed by atoms with Gasteiger partial charge in [0.05, 0.1) is 20.5 Å². The number of amides is 2. The van der Waals surface area contributed by atoms with Gasteiger partial charge >= 0.3 is 0 Å². The molecule has 0 bridgehead atoms. The van der Waals surface area contributed by atoms with E-state index in [-0.39, 0.29) is 17.7 Å². The van der Waals surface area contributed by atoms with Gasteiger partial charge in [0, 0.05) is 17.3 Å². The lowest BCUT2D eigenvalue weighted by Crippen LogP contribution is -2.46. The summed E-state index contributed by atoms with van der Waals surface area (Å²) in [4.78, 5) is 29.4. The van der Waals surface area contributed by atoms with Gasteiger partial charge in [-0.3, -0.25) is 14.5 Å². The molecule has 1 heterocycles. The summed E-state index contributed by atoms with van der Waals surface area (Å²) in [7, 11) is 3.08. The molecule has 1 aliphatic carbocycles. The minimum absolute atomic E-state index is 0.0712. The zero-order chi connectivity index (χ0) is 24.9. The Hall–Kier alpha value is -3.74.